The van der Waals surface area contributed by atoms with Gasteiger partial charge in [0.05, 0.1) is 7.11 Å². The first-order valence-electron chi connectivity index (χ1n) is 9.13. The van der Waals surface area contributed by atoms with Crippen LogP contribution in [0, 0.1) is 5.92 Å². The number of benzene rings is 1. The molecule has 1 N–H and O–H groups in total. The van der Waals surface area contributed by atoms with Crippen LogP contribution in [0.1, 0.15) is 20.3 Å². The third kappa shape index (κ3) is 2.70. The normalized spacial score (nSPS) is 11.8. The molecule has 4 aromatic rings. The van der Waals surface area contributed by atoms with Gasteiger partial charge in [-0.2, -0.15) is 0 Å². The number of aromatic nitrogens is 6. The predicted octanol–water partition coefficient (Wildman–Crippen LogP) is 1.79. The van der Waals surface area contributed by atoms with Crippen molar-refractivity contribution in [2.45, 2.75) is 26.8 Å². The molecule has 0 atom stereocenters. The molecule has 9 nitrogen and oxygen atoms in total. The zero-order valence-electron chi connectivity index (χ0n) is 16.3. The molecule has 9 heteroatoms. The Morgan fingerprint density at radius 1 is 1.14 bits per heavy atom. The number of aromatic amines is 1. The van der Waals surface area contributed by atoms with E-state index in [9.17, 15) is 9.59 Å². The molecule has 3 aromatic heterocycles. The van der Waals surface area contributed by atoms with Crippen molar-refractivity contribution >= 4 is 16.9 Å². The smallest absolute Gasteiger partial charge is 0.329 e. The summed E-state index contributed by atoms with van der Waals surface area (Å²) in [4.78, 5) is 27.3. The van der Waals surface area contributed by atoms with Crippen LogP contribution in [0.25, 0.3) is 28.3 Å². The SMILES string of the molecule is COc1ccc(-c2nnc3n(CCC(C)C)c4c(=O)[nH]c(=O)n(C)c4n23)cc1. The molecule has 0 aliphatic rings. The molecule has 0 aliphatic heterocycles. The van der Waals surface area contributed by atoms with E-state index in [1.165, 1.54) is 4.57 Å². The van der Waals surface area contributed by atoms with Crippen molar-refractivity contribution in [2.75, 3.05) is 7.11 Å². The van der Waals surface area contributed by atoms with Gasteiger partial charge in [0.2, 0.25) is 5.78 Å². The Kier molecular flexibility index (Phi) is 4.29. The third-order valence-electron chi connectivity index (χ3n) is 4.92. The summed E-state index contributed by atoms with van der Waals surface area (Å²) < 4.78 is 10.3. The molecule has 0 aliphatic carbocycles. The zero-order chi connectivity index (χ0) is 20.0. The lowest BCUT2D eigenvalue weighted by Crippen LogP contribution is -2.29. The number of nitrogens with zero attached hydrogens (tertiary/aromatic N) is 5. The van der Waals surface area contributed by atoms with Crippen molar-refractivity contribution < 1.29 is 4.74 Å². The number of ether oxygens (including phenoxy) is 1. The summed E-state index contributed by atoms with van der Waals surface area (Å²) in [6.07, 6.45) is 0.868. The van der Waals surface area contributed by atoms with E-state index in [2.05, 4.69) is 29.0 Å². The Balaban J connectivity index is 2.07. The van der Waals surface area contributed by atoms with Crippen molar-refractivity contribution in [1.82, 2.24) is 28.7 Å². The summed E-state index contributed by atoms with van der Waals surface area (Å²) in [5.41, 5.74) is 0.803. The molecular weight excluding hydrogens is 360 g/mol. The van der Waals surface area contributed by atoms with Gasteiger partial charge < -0.3 is 9.30 Å². The van der Waals surface area contributed by atoms with E-state index in [-0.39, 0.29) is 0 Å². The highest BCUT2D eigenvalue weighted by molar-refractivity contribution is 5.79. The summed E-state index contributed by atoms with van der Waals surface area (Å²) in [7, 11) is 3.24. The average molecular weight is 382 g/mol. The predicted molar refractivity (Wildman–Crippen MR) is 106 cm³/mol. The number of rotatable bonds is 5. The molecule has 4 rings (SSSR count). The van der Waals surface area contributed by atoms with E-state index < -0.39 is 11.2 Å². The van der Waals surface area contributed by atoms with Crippen LogP contribution in [0.4, 0.5) is 0 Å². The van der Waals surface area contributed by atoms with Crippen LogP contribution in [0.2, 0.25) is 0 Å². The van der Waals surface area contributed by atoms with E-state index in [1.807, 2.05) is 28.8 Å². The lowest BCUT2D eigenvalue weighted by atomic mass is 10.1. The Labute approximate surface area is 160 Å². The molecule has 146 valence electrons. The molecule has 0 amide bonds. The zero-order valence-corrected chi connectivity index (χ0v) is 16.3. The number of nitrogens with one attached hydrogen (secondary N) is 1. The summed E-state index contributed by atoms with van der Waals surface area (Å²) >= 11 is 0. The minimum absolute atomic E-state index is 0.419. The average Bonchev–Trinajstić information content (AvgIpc) is 3.23. The summed E-state index contributed by atoms with van der Waals surface area (Å²) in [6, 6.07) is 7.41. The molecule has 28 heavy (non-hydrogen) atoms. The fraction of sp³-hybridized carbons (Fsp3) is 0.368. The van der Waals surface area contributed by atoms with Gasteiger partial charge >= 0.3 is 5.69 Å². The lowest BCUT2D eigenvalue weighted by molar-refractivity contribution is 0.415. The van der Waals surface area contributed by atoms with Gasteiger partial charge in [-0.15, -0.1) is 10.2 Å². The van der Waals surface area contributed by atoms with E-state index in [4.69, 9.17) is 4.74 Å². The highest BCUT2D eigenvalue weighted by Crippen LogP contribution is 2.26. The van der Waals surface area contributed by atoms with Gasteiger partial charge in [-0.1, -0.05) is 13.8 Å². The summed E-state index contributed by atoms with van der Waals surface area (Å²) in [6.45, 7) is 4.84. The molecule has 0 fully saturated rings. The van der Waals surface area contributed by atoms with Crippen molar-refractivity contribution in [3.63, 3.8) is 0 Å². The van der Waals surface area contributed by atoms with Gasteiger partial charge in [0.15, 0.2) is 17.0 Å². The van der Waals surface area contributed by atoms with E-state index in [1.54, 1.807) is 18.6 Å². The van der Waals surface area contributed by atoms with Crippen LogP contribution in [0.15, 0.2) is 33.9 Å². The summed E-state index contributed by atoms with van der Waals surface area (Å²) in [5, 5.41) is 8.68. The van der Waals surface area contributed by atoms with Crippen molar-refractivity contribution in [2.24, 2.45) is 13.0 Å². The number of H-pyrrole nitrogens is 1. The molecule has 0 spiro atoms. The number of hydrogen-bond acceptors (Lipinski definition) is 5. The first kappa shape index (κ1) is 18.0. The second-order valence-corrected chi connectivity index (χ2v) is 7.21. The standard InChI is InChI=1S/C19H22N6O3/c1-11(2)9-10-24-14-16(26)20-19(27)23(3)17(14)25-15(21-22-18(24)25)12-5-7-13(28-4)8-6-12/h5-8,11H,9-10H2,1-4H3,(H,20,26,27). The third-order valence-corrected chi connectivity index (χ3v) is 4.92. The first-order valence-corrected chi connectivity index (χ1v) is 9.13. The molecular formula is C19H22N6O3. The topological polar surface area (TPSA) is 99.2 Å². The fourth-order valence-corrected chi connectivity index (χ4v) is 3.37. The minimum atomic E-state index is -0.477. The molecule has 0 saturated carbocycles. The minimum Gasteiger partial charge on any atom is -0.497 e. The molecule has 1 aromatic carbocycles. The van der Waals surface area contributed by atoms with Crippen LogP contribution in [-0.2, 0) is 13.6 Å². The molecule has 0 saturated heterocycles. The second kappa shape index (κ2) is 6.66. The van der Waals surface area contributed by atoms with Crippen molar-refractivity contribution in [3.8, 4) is 17.1 Å². The van der Waals surface area contributed by atoms with Crippen molar-refractivity contribution in [1.29, 1.82) is 0 Å². The number of imidazole rings is 1. The highest BCUT2D eigenvalue weighted by Gasteiger charge is 2.22. The molecule has 3 heterocycles. The summed E-state index contributed by atoms with van der Waals surface area (Å²) in [5.74, 6) is 2.28. The number of hydrogen-bond donors (Lipinski definition) is 1. The quantitative estimate of drug-likeness (QED) is 0.567. The maximum Gasteiger partial charge on any atom is 0.329 e. The van der Waals surface area contributed by atoms with Crippen LogP contribution < -0.4 is 16.0 Å². The van der Waals surface area contributed by atoms with Gasteiger partial charge in [0.1, 0.15) is 5.75 Å². The highest BCUT2D eigenvalue weighted by atomic mass is 16.5. The molecule has 0 unspecified atom stereocenters. The van der Waals surface area contributed by atoms with Gasteiger partial charge in [-0.25, -0.2) is 9.20 Å². The maximum absolute atomic E-state index is 12.6. The Bertz CT molecular complexity index is 1270. The van der Waals surface area contributed by atoms with Crippen molar-refractivity contribution in [3.05, 3.63) is 45.1 Å². The molecule has 0 radical (unpaired) electrons. The van der Waals surface area contributed by atoms with Gasteiger partial charge in [0, 0.05) is 19.2 Å². The van der Waals surface area contributed by atoms with Gasteiger partial charge in [-0.3, -0.25) is 14.3 Å². The fourth-order valence-electron chi connectivity index (χ4n) is 3.37. The number of methoxy groups -OCH3 is 1. The van der Waals surface area contributed by atoms with E-state index in [0.29, 0.717) is 35.2 Å². The molecule has 0 bridgehead atoms. The van der Waals surface area contributed by atoms with E-state index >= 15 is 0 Å². The van der Waals surface area contributed by atoms with Crippen LogP contribution in [-0.4, -0.2) is 35.8 Å². The van der Waals surface area contributed by atoms with Crippen LogP contribution >= 0.6 is 0 Å². The maximum atomic E-state index is 12.6. The Hall–Kier alpha value is -3.36. The first-order chi connectivity index (χ1) is 13.4. The number of fused-ring (bicyclic) bond motifs is 3. The number of aryl methyl sites for hydroxylation is 2. The van der Waals surface area contributed by atoms with Crippen LogP contribution in [0.5, 0.6) is 5.75 Å². The van der Waals surface area contributed by atoms with Gasteiger partial charge in [0.25, 0.3) is 5.56 Å². The Morgan fingerprint density at radius 3 is 2.50 bits per heavy atom. The van der Waals surface area contributed by atoms with E-state index in [0.717, 1.165) is 17.7 Å². The monoisotopic (exact) mass is 382 g/mol. The van der Waals surface area contributed by atoms with Crippen LogP contribution in [0.3, 0.4) is 0 Å². The lowest BCUT2D eigenvalue weighted by Gasteiger charge is -2.07. The Morgan fingerprint density at radius 2 is 1.86 bits per heavy atom. The second-order valence-electron chi connectivity index (χ2n) is 7.21. The van der Waals surface area contributed by atoms with Gasteiger partial charge in [-0.05, 0) is 36.6 Å². The largest absolute Gasteiger partial charge is 0.497 e.